The van der Waals surface area contributed by atoms with Crippen LogP contribution >= 0.6 is 11.8 Å². The maximum Gasteiger partial charge on any atom is 0.436 e. The first-order valence-corrected chi connectivity index (χ1v) is 4.54. The van der Waals surface area contributed by atoms with Crippen molar-refractivity contribution in [1.29, 1.82) is 0 Å². The molecule has 0 spiro atoms. The molecule has 1 aromatic heterocycles. The van der Waals surface area contributed by atoms with Gasteiger partial charge in [0.2, 0.25) is 0 Å². The molecule has 0 atom stereocenters. The van der Waals surface area contributed by atoms with E-state index >= 15 is 0 Å². The first kappa shape index (κ1) is 10.2. The van der Waals surface area contributed by atoms with Crippen molar-refractivity contribution in [1.82, 2.24) is 9.78 Å². The van der Waals surface area contributed by atoms with Gasteiger partial charge in [0.15, 0.2) is 5.69 Å². The number of hydrogen-bond acceptors (Lipinski definition) is 3. The third kappa shape index (κ3) is 1.74. The molecule has 0 aliphatic heterocycles. The van der Waals surface area contributed by atoms with Gasteiger partial charge in [-0.3, -0.25) is 4.68 Å². The van der Waals surface area contributed by atoms with Crippen molar-refractivity contribution in [2.75, 3.05) is 12.0 Å². The summed E-state index contributed by atoms with van der Waals surface area (Å²) < 4.78 is 37.9. The quantitative estimate of drug-likeness (QED) is 0.719. The number of aromatic nitrogens is 2. The summed E-state index contributed by atoms with van der Waals surface area (Å²) in [7, 11) is 1.38. The summed E-state index contributed by atoms with van der Waals surface area (Å²) in [5.41, 5.74) is 4.47. The molecule has 0 saturated carbocycles. The van der Waals surface area contributed by atoms with Gasteiger partial charge >= 0.3 is 6.18 Å². The fourth-order valence-electron chi connectivity index (χ4n) is 0.904. The Kier molecular flexibility index (Phi) is 2.47. The molecule has 0 aromatic carbocycles. The monoisotopic (exact) mass is 211 g/mol. The van der Waals surface area contributed by atoms with Crippen LogP contribution in [0.25, 0.3) is 0 Å². The summed E-state index contributed by atoms with van der Waals surface area (Å²) in [6, 6.07) is 0. The van der Waals surface area contributed by atoms with E-state index in [0.717, 1.165) is 16.4 Å². The van der Waals surface area contributed by atoms with Gasteiger partial charge in [0.25, 0.3) is 0 Å². The summed E-state index contributed by atoms with van der Waals surface area (Å²) in [6.45, 7) is 0. The van der Waals surface area contributed by atoms with Crippen LogP contribution in [0.15, 0.2) is 4.90 Å². The molecule has 13 heavy (non-hydrogen) atoms. The van der Waals surface area contributed by atoms with E-state index < -0.39 is 11.9 Å². The lowest BCUT2D eigenvalue weighted by atomic mass is 10.4. The van der Waals surface area contributed by atoms with Crippen LogP contribution in [0.2, 0.25) is 0 Å². The van der Waals surface area contributed by atoms with Crippen LogP contribution in [-0.2, 0) is 13.2 Å². The van der Waals surface area contributed by atoms with E-state index in [-0.39, 0.29) is 10.7 Å². The van der Waals surface area contributed by atoms with Crippen molar-refractivity contribution in [3.63, 3.8) is 0 Å². The number of anilines is 1. The zero-order chi connectivity index (χ0) is 10.2. The first-order valence-electron chi connectivity index (χ1n) is 3.31. The number of nitrogens with two attached hydrogens (primary N) is 1. The Bertz CT molecular complexity index is 318. The molecule has 0 aliphatic carbocycles. The Balaban J connectivity index is 3.30. The Morgan fingerprint density at radius 1 is 1.46 bits per heavy atom. The lowest BCUT2D eigenvalue weighted by Gasteiger charge is -2.03. The highest BCUT2D eigenvalue weighted by Crippen LogP contribution is 2.37. The van der Waals surface area contributed by atoms with Crippen LogP contribution in [0.4, 0.5) is 19.0 Å². The molecule has 3 nitrogen and oxygen atoms in total. The molecule has 2 N–H and O–H groups in total. The second-order valence-corrected chi connectivity index (χ2v) is 3.20. The lowest BCUT2D eigenvalue weighted by Crippen LogP contribution is -2.07. The fourth-order valence-corrected chi connectivity index (χ4v) is 1.60. The number of nitrogens with zero attached hydrogens (tertiary/aromatic N) is 2. The van der Waals surface area contributed by atoms with Crippen LogP contribution in [0.3, 0.4) is 0 Å². The zero-order valence-electron chi connectivity index (χ0n) is 7.01. The minimum Gasteiger partial charge on any atom is -0.383 e. The van der Waals surface area contributed by atoms with E-state index in [1.165, 1.54) is 13.3 Å². The second-order valence-electron chi connectivity index (χ2n) is 2.39. The predicted molar refractivity (Wildman–Crippen MR) is 44.4 cm³/mol. The number of nitrogen functional groups attached to an aromatic ring is 1. The first-order chi connectivity index (χ1) is 5.88. The minimum absolute atomic E-state index is 0.0185. The minimum atomic E-state index is -4.44. The molecule has 1 aromatic rings. The predicted octanol–water partition coefficient (Wildman–Crippen LogP) is 1.74. The molecular formula is C6H8F3N3S. The van der Waals surface area contributed by atoms with E-state index in [1.807, 2.05) is 0 Å². The Morgan fingerprint density at radius 3 is 2.31 bits per heavy atom. The molecular weight excluding hydrogens is 203 g/mol. The summed E-state index contributed by atoms with van der Waals surface area (Å²) in [4.78, 5) is -0.0185. The molecule has 0 aliphatic rings. The normalized spacial score (nSPS) is 12.1. The molecule has 74 valence electrons. The van der Waals surface area contributed by atoms with Crippen molar-refractivity contribution >= 4 is 17.6 Å². The Hall–Kier alpha value is -0.850. The largest absolute Gasteiger partial charge is 0.436 e. The van der Waals surface area contributed by atoms with Gasteiger partial charge in [0, 0.05) is 7.05 Å². The molecule has 0 fully saturated rings. The van der Waals surface area contributed by atoms with E-state index in [2.05, 4.69) is 5.10 Å². The Labute approximate surface area is 77.1 Å². The number of thioether (sulfide) groups is 1. The molecule has 1 heterocycles. The second kappa shape index (κ2) is 3.13. The number of rotatable bonds is 1. The maximum absolute atomic E-state index is 12.3. The molecule has 0 unspecified atom stereocenters. The van der Waals surface area contributed by atoms with E-state index in [0.29, 0.717) is 0 Å². The van der Waals surface area contributed by atoms with Crippen molar-refractivity contribution in [2.24, 2.45) is 7.05 Å². The van der Waals surface area contributed by atoms with Crippen molar-refractivity contribution in [2.45, 2.75) is 11.1 Å². The van der Waals surface area contributed by atoms with Crippen molar-refractivity contribution in [3.8, 4) is 0 Å². The van der Waals surface area contributed by atoms with Gasteiger partial charge in [-0.05, 0) is 6.26 Å². The molecule has 0 amide bonds. The van der Waals surface area contributed by atoms with Gasteiger partial charge < -0.3 is 5.73 Å². The third-order valence-corrected chi connectivity index (χ3v) is 2.33. The maximum atomic E-state index is 12.3. The zero-order valence-corrected chi connectivity index (χ0v) is 7.83. The average molecular weight is 211 g/mol. The topological polar surface area (TPSA) is 43.8 Å². The van der Waals surface area contributed by atoms with Crippen LogP contribution in [-0.4, -0.2) is 16.0 Å². The van der Waals surface area contributed by atoms with Gasteiger partial charge in [-0.1, -0.05) is 0 Å². The van der Waals surface area contributed by atoms with Gasteiger partial charge in [-0.25, -0.2) is 0 Å². The highest BCUT2D eigenvalue weighted by Gasteiger charge is 2.38. The highest BCUT2D eigenvalue weighted by molar-refractivity contribution is 7.98. The van der Waals surface area contributed by atoms with Gasteiger partial charge in [-0.2, -0.15) is 18.3 Å². The summed E-state index contributed by atoms with van der Waals surface area (Å²) in [5, 5.41) is 3.30. The molecule has 0 radical (unpaired) electrons. The smallest absolute Gasteiger partial charge is 0.383 e. The Morgan fingerprint density at radius 2 is 2.00 bits per heavy atom. The van der Waals surface area contributed by atoms with Gasteiger partial charge in [0.05, 0.1) is 4.90 Å². The van der Waals surface area contributed by atoms with Crippen molar-refractivity contribution in [3.05, 3.63) is 5.69 Å². The molecule has 1 rings (SSSR count). The number of halogens is 3. The fraction of sp³-hybridized carbons (Fsp3) is 0.500. The van der Waals surface area contributed by atoms with E-state index in [1.54, 1.807) is 0 Å². The highest BCUT2D eigenvalue weighted by atomic mass is 32.2. The number of hydrogen-bond donors (Lipinski definition) is 1. The van der Waals surface area contributed by atoms with Crippen LogP contribution < -0.4 is 5.73 Å². The number of alkyl halides is 3. The molecule has 0 bridgehead atoms. The molecule has 0 saturated heterocycles. The third-order valence-electron chi connectivity index (χ3n) is 1.52. The standard InChI is InChI=1S/C6H8F3N3S/c1-12-5(10)3(13-2)4(11-12)6(7,8)9/h10H2,1-2H3. The summed E-state index contributed by atoms with van der Waals surface area (Å²) in [5.74, 6) is 0.0415. The SMILES string of the molecule is CSc1c(C(F)(F)F)nn(C)c1N. The van der Waals surface area contributed by atoms with Gasteiger partial charge in [-0.15, -0.1) is 11.8 Å². The average Bonchev–Trinajstić information content (AvgIpc) is 2.28. The molecule has 7 heteroatoms. The number of aryl methyl sites for hydroxylation is 1. The van der Waals surface area contributed by atoms with Gasteiger partial charge in [0.1, 0.15) is 5.82 Å². The summed E-state index contributed by atoms with van der Waals surface area (Å²) in [6.07, 6.45) is -2.91. The van der Waals surface area contributed by atoms with Crippen LogP contribution in [0.1, 0.15) is 5.69 Å². The van der Waals surface area contributed by atoms with E-state index in [4.69, 9.17) is 5.73 Å². The van der Waals surface area contributed by atoms with Crippen LogP contribution in [0, 0.1) is 0 Å². The summed E-state index contributed by atoms with van der Waals surface area (Å²) >= 11 is 0.941. The lowest BCUT2D eigenvalue weighted by molar-refractivity contribution is -0.143. The van der Waals surface area contributed by atoms with Crippen LogP contribution in [0.5, 0.6) is 0 Å². The van der Waals surface area contributed by atoms with Crippen molar-refractivity contribution < 1.29 is 13.2 Å². The van der Waals surface area contributed by atoms with E-state index in [9.17, 15) is 13.2 Å².